The van der Waals surface area contributed by atoms with Crippen molar-refractivity contribution >= 4 is 33.3 Å². The molecular weight excluding hydrogens is 430 g/mol. The molecule has 0 bridgehead atoms. The van der Waals surface area contributed by atoms with Crippen molar-refractivity contribution in [3.8, 4) is 0 Å². The van der Waals surface area contributed by atoms with Crippen molar-refractivity contribution in [1.29, 1.82) is 0 Å². The molecule has 0 fully saturated rings. The Kier molecular flexibility index (Phi) is 8.36. The van der Waals surface area contributed by atoms with Crippen molar-refractivity contribution in [3.63, 3.8) is 0 Å². The van der Waals surface area contributed by atoms with E-state index in [1.807, 2.05) is 25.1 Å². The first-order valence-corrected chi connectivity index (χ1v) is 12.3. The number of rotatable bonds is 11. The smallest absolute Gasteiger partial charge is 0.265 e. The van der Waals surface area contributed by atoms with Crippen LogP contribution in [0.25, 0.3) is 0 Å². The van der Waals surface area contributed by atoms with E-state index in [2.05, 4.69) is 35.6 Å². The number of nitrogens with one attached hydrogen (secondary N) is 2. The molecule has 1 heterocycles. The van der Waals surface area contributed by atoms with Crippen LogP contribution in [0, 0.1) is 0 Å². The normalized spacial score (nSPS) is 14.8. The van der Waals surface area contributed by atoms with E-state index in [-0.39, 0.29) is 29.4 Å². The van der Waals surface area contributed by atoms with Gasteiger partial charge < -0.3 is 10.6 Å². The van der Waals surface area contributed by atoms with Gasteiger partial charge >= 0.3 is 0 Å². The zero-order valence-corrected chi connectivity index (χ0v) is 20.1. The lowest BCUT2D eigenvalue weighted by molar-refractivity contribution is -0.438. The van der Waals surface area contributed by atoms with Crippen molar-refractivity contribution in [2.24, 2.45) is 0 Å². The zero-order chi connectivity index (χ0) is 24.1. The van der Waals surface area contributed by atoms with Gasteiger partial charge in [0.2, 0.25) is 17.5 Å². The number of hydrogen-bond acceptors (Lipinski definition) is 4. The van der Waals surface area contributed by atoms with Gasteiger partial charge in [-0.3, -0.25) is 14.1 Å². The van der Waals surface area contributed by atoms with Crippen molar-refractivity contribution in [2.45, 2.75) is 52.4 Å². The molecule has 32 heavy (non-hydrogen) atoms. The molecule has 0 saturated heterocycles. The molecule has 9 heteroatoms. The lowest BCUT2D eigenvalue weighted by Gasteiger charge is -2.16. The maximum Gasteiger partial charge on any atom is 0.265 e. The summed E-state index contributed by atoms with van der Waals surface area (Å²) in [5.74, 6) is -0.546. The second-order valence-electron chi connectivity index (χ2n) is 8.77. The molecule has 0 aromatic heterocycles. The third-order valence-electron chi connectivity index (χ3n) is 5.83. The van der Waals surface area contributed by atoms with Crippen LogP contribution in [0.1, 0.15) is 51.7 Å². The predicted octanol–water partition coefficient (Wildman–Crippen LogP) is 2.10. The molecule has 2 amide bonds. The molecule has 0 atom stereocenters. The summed E-state index contributed by atoms with van der Waals surface area (Å²) >= 11 is 0. The van der Waals surface area contributed by atoms with Crippen molar-refractivity contribution in [1.82, 2.24) is 10.6 Å². The molecule has 0 radical (unpaired) electrons. The van der Waals surface area contributed by atoms with Gasteiger partial charge in [-0.15, -0.1) is 0 Å². The summed E-state index contributed by atoms with van der Waals surface area (Å²) in [5.41, 5.74) is 4.30. The minimum atomic E-state index is -3.98. The van der Waals surface area contributed by atoms with Gasteiger partial charge in [0.25, 0.3) is 10.1 Å². The van der Waals surface area contributed by atoms with Gasteiger partial charge in [0.15, 0.2) is 5.71 Å². The first-order chi connectivity index (χ1) is 14.8. The van der Waals surface area contributed by atoms with E-state index >= 15 is 0 Å². The van der Waals surface area contributed by atoms with E-state index in [0.29, 0.717) is 38.0 Å². The van der Waals surface area contributed by atoms with Crippen LogP contribution in [0.4, 0.5) is 5.69 Å². The molecule has 0 spiro atoms. The second-order valence-corrected chi connectivity index (χ2v) is 10.3. The van der Waals surface area contributed by atoms with E-state index in [4.69, 9.17) is 4.55 Å². The number of nitrogens with zero attached hydrogens (tertiary/aromatic N) is 1. The second kappa shape index (κ2) is 10.4. The molecule has 3 N–H and O–H groups in total. The van der Waals surface area contributed by atoms with Crippen molar-refractivity contribution in [3.05, 3.63) is 41.5 Å². The van der Waals surface area contributed by atoms with E-state index in [1.54, 1.807) is 6.92 Å². The Balaban J connectivity index is 1.96. The third kappa shape index (κ3) is 6.74. The SMILES string of the molecule is C=C(C)C(=O)NCCCNC(=O)Cc1ccc2c(c1)C(C)(C)C(C)=[N+]2CCCS(=O)(=O)O. The van der Waals surface area contributed by atoms with Crippen LogP contribution in [-0.4, -0.2) is 60.5 Å². The number of benzene rings is 1. The third-order valence-corrected chi connectivity index (χ3v) is 6.64. The standard InChI is InChI=1S/C23H33N3O5S/c1-16(2)22(28)25-11-6-10-24-21(27)15-18-8-9-20-19(14-18)23(4,5)17(3)26(20)12-7-13-32(29,30)31/h8-9,14H,1,6-7,10-13,15H2,2-5H3,(H2-,24,25,27,28,29,30,31)/p+1. The Morgan fingerprint density at radius 1 is 1.16 bits per heavy atom. The summed E-state index contributed by atoms with van der Waals surface area (Å²) in [5, 5.41) is 5.60. The van der Waals surface area contributed by atoms with Gasteiger partial charge in [-0.1, -0.05) is 12.6 Å². The summed E-state index contributed by atoms with van der Waals surface area (Å²) < 4.78 is 33.2. The highest BCUT2D eigenvalue weighted by atomic mass is 32.2. The maximum atomic E-state index is 12.3. The molecule has 8 nitrogen and oxygen atoms in total. The molecule has 1 aliphatic heterocycles. The topological polar surface area (TPSA) is 116 Å². The monoisotopic (exact) mass is 464 g/mol. The molecule has 0 saturated carbocycles. The average Bonchev–Trinajstić information content (AvgIpc) is 2.87. The highest BCUT2D eigenvalue weighted by Crippen LogP contribution is 2.40. The number of amides is 2. The van der Waals surface area contributed by atoms with Crippen molar-refractivity contribution in [2.75, 3.05) is 25.4 Å². The number of hydrogen-bond donors (Lipinski definition) is 3. The summed E-state index contributed by atoms with van der Waals surface area (Å²) in [6.45, 7) is 12.9. The van der Waals surface area contributed by atoms with Crippen LogP contribution in [0.15, 0.2) is 30.4 Å². The van der Waals surface area contributed by atoms with Gasteiger partial charge in [0.1, 0.15) is 6.54 Å². The highest BCUT2D eigenvalue weighted by Gasteiger charge is 2.42. The Bertz CT molecular complexity index is 1040. The fourth-order valence-corrected chi connectivity index (χ4v) is 4.25. The van der Waals surface area contributed by atoms with Crippen LogP contribution in [0.5, 0.6) is 0 Å². The summed E-state index contributed by atoms with van der Waals surface area (Å²) in [7, 11) is -3.98. The molecule has 176 valence electrons. The van der Waals surface area contributed by atoms with Crippen LogP contribution in [0.3, 0.4) is 0 Å². The Morgan fingerprint density at radius 2 is 1.81 bits per heavy atom. The first kappa shape index (κ1) is 25.7. The van der Waals surface area contributed by atoms with E-state index in [9.17, 15) is 18.0 Å². The van der Waals surface area contributed by atoms with Gasteiger partial charge in [-0.05, 0) is 38.8 Å². The molecule has 1 aromatic rings. The predicted molar refractivity (Wildman–Crippen MR) is 125 cm³/mol. The zero-order valence-electron chi connectivity index (χ0n) is 19.3. The molecule has 0 unspecified atom stereocenters. The van der Waals surface area contributed by atoms with Crippen LogP contribution in [0.2, 0.25) is 0 Å². The van der Waals surface area contributed by atoms with E-state index in [0.717, 1.165) is 22.5 Å². The van der Waals surface area contributed by atoms with Gasteiger partial charge in [-0.2, -0.15) is 13.0 Å². The lowest BCUT2D eigenvalue weighted by Crippen LogP contribution is -2.30. The quantitative estimate of drug-likeness (QED) is 0.201. The van der Waals surface area contributed by atoms with Crippen LogP contribution >= 0.6 is 0 Å². The summed E-state index contributed by atoms with van der Waals surface area (Å²) in [6.07, 6.45) is 1.21. The fourth-order valence-electron chi connectivity index (χ4n) is 3.75. The molecule has 0 aliphatic carbocycles. The first-order valence-electron chi connectivity index (χ1n) is 10.7. The molecule has 2 rings (SSSR count). The number of carbonyl (C=O) groups is 2. The van der Waals surface area contributed by atoms with Crippen LogP contribution in [-0.2, 0) is 31.5 Å². The lowest BCUT2D eigenvalue weighted by atomic mass is 9.81. The highest BCUT2D eigenvalue weighted by molar-refractivity contribution is 7.85. The van der Waals surface area contributed by atoms with Gasteiger partial charge in [-0.25, -0.2) is 0 Å². The van der Waals surface area contributed by atoms with E-state index in [1.165, 1.54) is 0 Å². The van der Waals surface area contributed by atoms with E-state index < -0.39 is 10.1 Å². The largest absolute Gasteiger partial charge is 0.356 e. The Hall–Kier alpha value is -2.52. The minimum absolute atomic E-state index is 0.0855. The van der Waals surface area contributed by atoms with Crippen molar-refractivity contribution < 1.29 is 27.1 Å². The molecule has 1 aromatic carbocycles. The summed E-state index contributed by atoms with van der Waals surface area (Å²) in [4.78, 5) is 23.8. The number of carbonyl (C=O) groups excluding carboxylic acids is 2. The maximum absolute atomic E-state index is 12.3. The van der Waals surface area contributed by atoms with Gasteiger partial charge in [0, 0.05) is 43.6 Å². The van der Waals surface area contributed by atoms with Crippen LogP contribution < -0.4 is 10.6 Å². The molecular formula is C23H34N3O5S+. The Labute approximate surface area is 190 Å². The fraction of sp³-hybridized carbons (Fsp3) is 0.522. The minimum Gasteiger partial charge on any atom is -0.356 e. The number of fused-ring (bicyclic) bond motifs is 1. The molecule has 1 aliphatic rings. The van der Waals surface area contributed by atoms with Gasteiger partial charge in [0.05, 0.1) is 17.6 Å². The summed E-state index contributed by atoms with van der Waals surface area (Å²) in [6, 6.07) is 5.92. The Morgan fingerprint density at radius 3 is 2.44 bits per heavy atom. The average molecular weight is 465 g/mol.